The zero-order valence-electron chi connectivity index (χ0n) is 18.0. The van der Waals surface area contributed by atoms with Crippen LogP contribution in [0.5, 0.6) is 0 Å². The standard InChI is InChI=1S/C23H27N5O4/c1-14-7-9-20(29)27-18(14)8-6-15(2)19-5-3-4-10-28(19)23(32)22(31)26-17-11-16(21(24)30)12-25-13-17/h6,8,11-13,19H,2-5,7,9-10H2,1H3,(H2,24,30)(H,26,31)(H,27,29)/b8-6-/t19-/m0/s1. The van der Waals surface area contributed by atoms with Gasteiger partial charge in [-0.15, -0.1) is 0 Å². The summed E-state index contributed by atoms with van der Waals surface area (Å²) in [5.74, 6) is -2.22. The van der Waals surface area contributed by atoms with E-state index in [-0.39, 0.29) is 23.2 Å². The fraction of sp³-hybridized carbons (Fsp3) is 0.348. The molecule has 1 atom stereocenters. The molecule has 2 aliphatic heterocycles. The van der Waals surface area contributed by atoms with E-state index in [0.29, 0.717) is 31.4 Å². The van der Waals surface area contributed by atoms with Crippen LogP contribution in [0.1, 0.15) is 49.4 Å². The Kier molecular flexibility index (Phi) is 7.19. The maximum atomic E-state index is 12.9. The summed E-state index contributed by atoms with van der Waals surface area (Å²) in [6.45, 7) is 6.50. The number of rotatable bonds is 5. The molecule has 0 spiro atoms. The molecule has 0 unspecified atom stereocenters. The van der Waals surface area contributed by atoms with E-state index in [1.165, 1.54) is 23.4 Å². The van der Waals surface area contributed by atoms with Crippen LogP contribution in [0, 0.1) is 0 Å². The quantitative estimate of drug-likeness (QED) is 0.477. The van der Waals surface area contributed by atoms with Gasteiger partial charge in [0.15, 0.2) is 0 Å². The number of carbonyl (C=O) groups is 4. The summed E-state index contributed by atoms with van der Waals surface area (Å²) in [5.41, 5.74) is 8.08. The number of hydrogen-bond acceptors (Lipinski definition) is 5. The number of amides is 4. The lowest BCUT2D eigenvalue weighted by Gasteiger charge is -2.35. The fourth-order valence-corrected chi connectivity index (χ4v) is 3.76. The van der Waals surface area contributed by atoms with Crippen molar-refractivity contribution < 1.29 is 19.2 Å². The van der Waals surface area contributed by atoms with Gasteiger partial charge >= 0.3 is 11.8 Å². The Bertz CT molecular complexity index is 1030. The van der Waals surface area contributed by atoms with Crippen LogP contribution in [-0.2, 0) is 14.4 Å². The van der Waals surface area contributed by atoms with E-state index in [4.69, 9.17) is 5.73 Å². The van der Waals surface area contributed by atoms with Crippen molar-refractivity contribution in [1.29, 1.82) is 0 Å². The Morgan fingerprint density at radius 2 is 2.06 bits per heavy atom. The molecular formula is C23H27N5O4. The summed E-state index contributed by atoms with van der Waals surface area (Å²) in [6, 6.07) is 1.04. The molecule has 0 aliphatic carbocycles. The Morgan fingerprint density at radius 3 is 2.81 bits per heavy atom. The van der Waals surface area contributed by atoms with Gasteiger partial charge in [-0.2, -0.15) is 0 Å². The Hall–Kier alpha value is -3.75. The lowest BCUT2D eigenvalue weighted by atomic mass is 9.95. The third-order valence-electron chi connectivity index (χ3n) is 5.59. The SMILES string of the molecule is C=C(/C=C\C1=C(C)CCC(=O)N1)[C@@H]1CCCCN1C(=O)C(=O)Nc1cncc(C(N)=O)c1. The highest BCUT2D eigenvalue weighted by Gasteiger charge is 2.32. The van der Waals surface area contributed by atoms with Crippen molar-refractivity contribution in [3.05, 3.63) is 59.6 Å². The highest BCUT2D eigenvalue weighted by atomic mass is 16.2. The van der Waals surface area contributed by atoms with Crippen LogP contribution in [0.4, 0.5) is 5.69 Å². The van der Waals surface area contributed by atoms with E-state index in [1.54, 1.807) is 12.2 Å². The smallest absolute Gasteiger partial charge is 0.313 e. The van der Waals surface area contributed by atoms with Crippen molar-refractivity contribution >= 4 is 29.3 Å². The summed E-state index contributed by atoms with van der Waals surface area (Å²) in [7, 11) is 0. The van der Waals surface area contributed by atoms with Crippen molar-refractivity contribution in [2.24, 2.45) is 5.73 Å². The van der Waals surface area contributed by atoms with Gasteiger partial charge in [-0.25, -0.2) is 0 Å². The molecule has 0 radical (unpaired) electrons. The first-order valence-electron chi connectivity index (χ1n) is 10.5. The summed E-state index contributed by atoms with van der Waals surface area (Å²) in [6.07, 6.45) is 9.76. The van der Waals surface area contributed by atoms with Crippen LogP contribution < -0.4 is 16.4 Å². The average molecular weight is 438 g/mol. The van der Waals surface area contributed by atoms with Crippen molar-refractivity contribution in [2.45, 2.75) is 45.1 Å². The van der Waals surface area contributed by atoms with Crippen LogP contribution >= 0.6 is 0 Å². The third kappa shape index (κ3) is 5.48. The monoisotopic (exact) mass is 437 g/mol. The molecule has 4 amide bonds. The highest BCUT2D eigenvalue weighted by Crippen LogP contribution is 2.24. The van der Waals surface area contributed by atoms with Gasteiger partial charge in [0.05, 0.1) is 23.5 Å². The number of piperidine rings is 1. The van der Waals surface area contributed by atoms with Gasteiger partial charge in [-0.1, -0.05) is 12.7 Å². The first-order chi connectivity index (χ1) is 15.3. The average Bonchev–Trinajstić information content (AvgIpc) is 2.79. The normalized spacial score (nSPS) is 19.0. The summed E-state index contributed by atoms with van der Waals surface area (Å²) in [5, 5.41) is 5.33. The zero-order chi connectivity index (χ0) is 23.3. The van der Waals surface area contributed by atoms with E-state index in [1.807, 2.05) is 6.92 Å². The minimum atomic E-state index is -0.824. The van der Waals surface area contributed by atoms with Gasteiger partial charge in [-0.3, -0.25) is 24.2 Å². The predicted octanol–water partition coefficient (Wildman–Crippen LogP) is 1.80. The Morgan fingerprint density at radius 1 is 1.28 bits per heavy atom. The highest BCUT2D eigenvalue weighted by molar-refractivity contribution is 6.39. The molecule has 2 aliphatic rings. The number of nitrogens with one attached hydrogen (secondary N) is 2. The molecule has 32 heavy (non-hydrogen) atoms. The van der Waals surface area contributed by atoms with Gasteiger partial charge in [0.1, 0.15) is 0 Å². The largest absolute Gasteiger partial charge is 0.366 e. The zero-order valence-corrected chi connectivity index (χ0v) is 18.0. The third-order valence-corrected chi connectivity index (χ3v) is 5.59. The number of nitrogens with two attached hydrogens (primary N) is 1. The van der Waals surface area contributed by atoms with Crippen LogP contribution in [-0.4, -0.2) is 46.1 Å². The molecule has 0 aromatic carbocycles. The molecule has 168 valence electrons. The second kappa shape index (κ2) is 10.0. The van der Waals surface area contributed by atoms with E-state index < -0.39 is 17.7 Å². The van der Waals surface area contributed by atoms with Gasteiger partial charge in [0.2, 0.25) is 11.8 Å². The van der Waals surface area contributed by atoms with E-state index in [0.717, 1.165) is 24.1 Å². The van der Waals surface area contributed by atoms with E-state index in [2.05, 4.69) is 22.2 Å². The maximum Gasteiger partial charge on any atom is 0.313 e. The molecular weight excluding hydrogens is 410 g/mol. The number of likely N-dealkylation sites (tertiary alicyclic amines) is 1. The predicted molar refractivity (Wildman–Crippen MR) is 119 cm³/mol. The summed E-state index contributed by atoms with van der Waals surface area (Å²) in [4.78, 5) is 53.8. The molecule has 1 aromatic heterocycles. The van der Waals surface area contributed by atoms with Crippen LogP contribution in [0.15, 0.2) is 54.0 Å². The number of aromatic nitrogens is 1. The lowest BCUT2D eigenvalue weighted by Crippen LogP contribution is -2.48. The molecule has 0 bridgehead atoms. The van der Waals surface area contributed by atoms with Gasteiger partial charge < -0.3 is 21.3 Å². The van der Waals surface area contributed by atoms with Crippen LogP contribution in [0.25, 0.3) is 0 Å². The molecule has 3 heterocycles. The molecule has 3 rings (SSSR count). The lowest BCUT2D eigenvalue weighted by molar-refractivity contribution is -0.145. The van der Waals surface area contributed by atoms with Crippen molar-refractivity contribution in [3.63, 3.8) is 0 Å². The summed E-state index contributed by atoms with van der Waals surface area (Å²) >= 11 is 0. The van der Waals surface area contributed by atoms with E-state index >= 15 is 0 Å². The fourth-order valence-electron chi connectivity index (χ4n) is 3.76. The first kappa shape index (κ1) is 22.9. The van der Waals surface area contributed by atoms with Gasteiger partial charge in [0.25, 0.3) is 0 Å². The van der Waals surface area contributed by atoms with Crippen molar-refractivity contribution in [1.82, 2.24) is 15.2 Å². The second-order valence-corrected chi connectivity index (χ2v) is 7.94. The summed E-state index contributed by atoms with van der Waals surface area (Å²) < 4.78 is 0. The Balaban J connectivity index is 1.70. The molecule has 1 saturated heterocycles. The molecule has 0 saturated carbocycles. The molecule has 9 heteroatoms. The number of nitrogens with zero attached hydrogens (tertiary/aromatic N) is 2. The number of carbonyl (C=O) groups excluding carboxylic acids is 4. The topological polar surface area (TPSA) is 134 Å². The van der Waals surface area contributed by atoms with E-state index in [9.17, 15) is 19.2 Å². The van der Waals surface area contributed by atoms with Gasteiger partial charge in [-0.05, 0) is 55.9 Å². The number of allylic oxidation sites excluding steroid dienone is 2. The molecule has 4 N–H and O–H groups in total. The van der Waals surface area contributed by atoms with Crippen LogP contribution in [0.3, 0.4) is 0 Å². The maximum absolute atomic E-state index is 12.9. The number of primary amides is 1. The molecule has 1 fully saturated rings. The molecule has 9 nitrogen and oxygen atoms in total. The minimum Gasteiger partial charge on any atom is -0.366 e. The van der Waals surface area contributed by atoms with Gasteiger partial charge in [0, 0.05) is 24.9 Å². The second-order valence-electron chi connectivity index (χ2n) is 7.94. The number of hydrogen-bond donors (Lipinski definition) is 3. The minimum absolute atomic E-state index is 0.0260. The van der Waals surface area contributed by atoms with Crippen LogP contribution in [0.2, 0.25) is 0 Å². The Labute approximate surface area is 186 Å². The molecule has 1 aromatic rings. The number of pyridine rings is 1. The van der Waals surface area contributed by atoms with Crippen molar-refractivity contribution in [3.8, 4) is 0 Å². The first-order valence-corrected chi connectivity index (χ1v) is 10.5. The van der Waals surface area contributed by atoms with Crippen molar-refractivity contribution in [2.75, 3.05) is 11.9 Å². The number of anilines is 1.